The predicted molar refractivity (Wildman–Crippen MR) is 180 cm³/mol. The van der Waals surface area contributed by atoms with Crippen molar-refractivity contribution in [2.45, 2.75) is 105 Å². The molecule has 0 spiro atoms. The van der Waals surface area contributed by atoms with E-state index in [0.717, 1.165) is 25.9 Å². The van der Waals surface area contributed by atoms with Crippen LogP contribution in [-0.2, 0) is 10.8 Å². The standard InChI is InChI=1S/C37H47N2.C2H6/c1-7-9-25-38-32-17-13-11-15-30(32)36(3,4)34(38)23-21-28-19-20-29(27-28)22-24-35-37(5,6)31-16-12-14-18-33(31)39(35)26-10-8-2;1-2/h11-18,21-24,27H,7-10,19-20,25-26H2,1-6H3;1-2H3/q+1;. The van der Waals surface area contributed by atoms with Gasteiger partial charge in [-0.25, -0.2) is 0 Å². The quantitative estimate of drug-likeness (QED) is 0.282. The number of para-hydroxylation sites is 2. The van der Waals surface area contributed by atoms with Crippen molar-refractivity contribution in [3.8, 4) is 0 Å². The summed E-state index contributed by atoms with van der Waals surface area (Å²) in [7, 11) is 0. The van der Waals surface area contributed by atoms with Gasteiger partial charge in [0.25, 0.3) is 0 Å². The van der Waals surface area contributed by atoms with Gasteiger partial charge in [0, 0.05) is 47.5 Å². The number of anilines is 1. The maximum absolute atomic E-state index is 2.57. The van der Waals surface area contributed by atoms with Crippen LogP contribution in [0.3, 0.4) is 0 Å². The first-order valence-corrected chi connectivity index (χ1v) is 16.2. The van der Waals surface area contributed by atoms with Crippen molar-refractivity contribution in [2.75, 3.05) is 18.0 Å². The number of fused-ring (bicyclic) bond motifs is 2. The van der Waals surface area contributed by atoms with E-state index in [1.807, 2.05) is 13.8 Å². The number of benzene rings is 2. The molecular formula is C39H53N2+. The molecule has 1 aliphatic carbocycles. The molecule has 2 aromatic rings. The first-order valence-electron chi connectivity index (χ1n) is 16.2. The van der Waals surface area contributed by atoms with Gasteiger partial charge in [0.1, 0.15) is 6.54 Å². The Bertz CT molecular complexity index is 1380. The molecule has 0 unspecified atom stereocenters. The molecule has 0 bridgehead atoms. The van der Waals surface area contributed by atoms with E-state index in [1.54, 1.807) is 0 Å². The Labute approximate surface area is 250 Å². The average Bonchev–Trinajstić information content (AvgIpc) is 3.59. The molecule has 0 saturated carbocycles. The molecule has 2 heteroatoms. The second kappa shape index (κ2) is 13.2. The fraction of sp³-hybridized carbons (Fsp3) is 0.462. The summed E-state index contributed by atoms with van der Waals surface area (Å²) in [6, 6.07) is 17.9. The smallest absolute Gasteiger partial charge is 0.209 e. The van der Waals surface area contributed by atoms with Crippen molar-refractivity contribution in [2.24, 2.45) is 0 Å². The van der Waals surface area contributed by atoms with Gasteiger partial charge in [0.2, 0.25) is 5.69 Å². The number of hydrogen-bond donors (Lipinski definition) is 0. The highest BCUT2D eigenvalue weighted by atomic mass is 15.2. The second-order valence-electron chi connectivity index (χ2n) is 12.5. The van der Waals surface area contributed by atoms with Gasteiger partial charge in [0.05, 0.1) is 5.41 Å². The Kier molecular flexibility index (Phi) is 9.95. The van der Waals surface area contributed by atoms with Crippen LogP contribution in [0.5, 0.6) is 0 Å². The van der Waals surface area contributed by atoms with Crippen molar-refractivity contribution in [3.05, 3.63) is 107 Å². The SMILES string of the molecule is CC.CCCCN1/C(=C/C=C2C=C(/C=C/C3=[N+](CCCC)c4ccccc4C3(C)C)CC/2)C(C)(C)c2ccccc21. The van der Waals surface area contributed by atoms with Crippen LogP contribution in [0.1, 0.15) is 105 Å². The lowest BCUT2D eigenvalue weighted by Crippen LogP contribution is -2.27. The van der Waals surface area contributed by atoms with Crippen molar-refractivity contribution >= 4 is 17.1 Å². The molecular weight excluding hydrogens is 496 g/mol. The van der Waals surface area contributed by atoms with Gasteiger partial charge in [-0.05, 0) is 62.0 Å². The molecule has 41 heavy (non-hydrogen) atoms. The highest BCUT2D eigenvalue weighted by molar-refractivity contribution is 6.03. The van der Waals surface area contributed by atoms with Crippen molar-refractivity contribution in [1.82, 2.24) is 0 Å². The molecule has 0 fully saturated rings. The molecule has 2 nitrogen and oxygen atoms in total. The highest BCUT2D eigenvalue weighted by Gasteiger charge is 2.44. The second-order valence-corrected chi connectivity index (χ2v) is 12.5. The molecule has 2 aromatic carbocycles. The molecule has 0 atom stereocenters. The monoisotopic (exact) mass is 549 g/mol. The van der Waals surface area contributed by atoms with E-state index in [2.05, 4.69) is 130 Å². The minimum atomic E-state index is 0.0219. The van der Waals surface area contributed by atoms with Gasteiger partial charge < -0.3 is 4.90 Å². The minimum Gasteiger partial charge on any atom is -0.344 e. The Hall–Kier alpha value is -3.13. The van der Waals surface area contributed by atoms with E-state index in [4.69, 9.17) is 0 Å². The Morgan fingerprint density at radius 2 is 1.46 bits per heavy atom. The topological polar surface area (TPSA) is 6.25 Å². The Balaban J connectivity index is 0.00000189. The zero-order valence-electron chi connectivity index (χ0n) is 27.1. The van der Waals surface area contributed by atoms with Crippen molar-refractivity contribution < 1.29 is 4.58 Å². The minimum absolute atomic E-state index is 0.0219. The van der Waals surface area contributed by atoms with E-state index >= 15 is 0 Å². The van der Waals surface area contributed by atoms with E-state index in [1.165, 1.54) is 70.7 Å². The van der Waals surface area contributed by atoms with Crippen LogP contribution in [0.4, 0.5) is 11.4 Å². The summed E-state index contributed by atoms with van der Waals surface area (Å²) >= 11 is 0. The predicted octanol–water partition coefficient (Wildman–Crippen LogP) is 10.6. The van der Waals surface area contributed by atoms with Gasteiger partial charge in [-0.2, -0.15) is 4.58 Å². The van der Waals surface area contributed by atoms with Gasteiger partial charge in [-0.1, -0.05) is 109 Å². The number of unbranched alkanes of at least 4 members (excludes halogenated alkanes) is 2. The summed E-state index contributed by atoms with van der Waals surface area (Å²) < 4.78 is 2.57. The average molecular weight is 550 g/mol. The number of nitrogens with zero attached hydrogens (tertiary/aromatic N) is 2. The van der Waals surface area contributed by atoms with Crippen LogP contribution in [0.15, 0.2) is 95.8 Å². The fourth-order valence-corrected chi connectivity index (χ4v) is 6.70. The van der Waals surface area contributed by atoms with Gasteiger partial charge in [-0.15, -0.1) is 0 Å². The number of hydrogen-bond acceptors (Lipinski definition) is 1. The zero-order chi connectivity index (χ0) is 29.6. The fourth-order valence-electron chi connectivity index (χ4n) is 6.70. The molecule has 0 aromatic heterocycles. The third-order valence-electron chi connectivity index (χ3n) is 9.05. The van der Waals surface area contributed by atoms with Crippen LogP contribution in [0.2, 0.25) is 0 Å². The van der Waals surface area contributed by atoms with Crippen LogP contribution in [-0.4, -0.2) is 23.4 Å². The van der Waals surface area contributed by atoms with Crippen LogP contribution < -0.4 is 4.90 Å². The lowest BCUT2D eigenvalue weighted by molar-refractivity contribution is -0.438. The van der Waals surface area contributed by atoms with Gasteiger partial charge >= 0.3 is 0 Å². The van der Waals surface area contributed by atoms with Crippen molar-refractivity contribution in [1.29, 1.82) is 0 Å². The summed E-state index contributed by atoms with van der Waals surface area (Å²) in [5, 5.41) is 0. The van der Waals surface area contributed by atoms with Gasteiger partial charge in [0.15, 0.2) is 5.71 Å². The largest absolute Gasteiger partial charge is 0.344 e. The lowest BCUT2D eigenvalue weighted by atomic mass is 9.81. The molecule has 0 radical (unpaired) electrons. The van der Waals surface area contributed by atoms with Crippen LogP contribution >= 0.6 is 0 Å². The molecule has 0 amide bonds. The number of rotatable bonds is 9. The first-order chi connectivity index (χ1) is 19.8. The Morgan fingerprint density at radius 1 is 0.780 bits per heavy atom. The molecule has 218 valence electrons. The third kappa shape index (κ3) is 6.08. The van der Waals surface area contributed by atoms with Crippen LogP contribution in [0.25, 0.3) is 0 Å². The molecule has 2 heterocycles. The number of allylic oxidation sites excluding steroid dienone is 8. The van der Waals surface area contributed by atoms with Crippen molar-refractivity contribution in [3.63, 3.8) is 0 Å². The van der Waals surface area contributed by atoms with Gasteiger partial charge in [-0.3, -0.25) is 0 Å². The summed E-state index contributed by atoms with van der Waals surface area (Å²) in [6.07, 6.45) is 19.1. The molecule has 5 rings (SSSR count). The molecule has 0 saturated heterocycles. The summed E-state index contributed by atoms with van der Waals surface area (Å²) in [6.45, 7) is 20.2. The summed E-state index contributed by atoms with van der Waals surface area (Å²) in [4.78, 5) is 2.57. The third-order valence-corrected chi connectivity index (χ3v) is 9.05. The molecule has 2 aliphatic heterocycles. The maximum atomic E-state index is 2.57. The van der Waals surface area contributed by atoms with E-state index in [9.17, 15) is 0 Å². The molecule has 3 aliphatic rings. The zero-order valence-corrected chi connectivity index (χ0v) is 27.1. The van der Waals surface area contributed by atoms with E-state index < -0.39 is 0 Å². The lowest BCUT2D eigenvalue weighted by Gasteiger charge is -2.27. The first kappa shape index (κ1) is 30.8. The summed E-state index contributed by atoms with van der Waals surface area (Å²) in [5.74, 6) is 0. The maximum Gasteiger partial charge on any atom is 0.209 e. The van der Waals surface area contributed by atoms with E-state index in [-0.39, 0.29) is 10.8 Å². The molecule has 0 N–H and O–H groups in total. The van der Waals surface area contributed by atoms with Crippen LogP contribution in [0, 0.1) is 0 Å². The summed E-state index contributed by atoms with van der Waals surface area (Å²) in [5.41, 5.74) is 11.4. The normalized spacial score (nSPS) is 20.5. The van der Waals surface area contributed by atoms with E-state index in [0.29, 0.717) is 0 Å². The Morgan fingerprint density at radius 3 is 2.20 bits per heavy atom. The highest BCUT2D eigenvalue weighted by Crippen LogP contribution is 2.48.